The summed E-state index contributed by atoms with van der Waals surface area (Å²) in [5, 5.41) is 8.48. The summed E-state index contributed by atoms with van der Waals surface area (Å²) in [5.74, 6) is 0.323. The highest BCUT2D eigenvalue weighted by molar-refractivity contribution is 6.81. The zero-order chi connectivity index (χ0) is 19.8. The van der Waals surface area contributed by atoms with Gasteiger partial charge in [-0.25, -0.2) is 9.59 Å². The van der Waals surface area contributed by atoms with Gasteiger partial charge in [0.25, 0.3) is 0 Å². The van der Waals surface area contributed by atoms with Crippen LogP contribution in [0.4, 0.5) is 9.59 Å². The maximum Gasteiger partial charge on any atom is 0.458 e. The molecule has 0 radical (unpaired) electrons. The number of hydrogen-bond donors (Lipinski definition) is 0. The molecule has 0 atom stereocenters. The lowest BCUT2D eigenvalue weighted by Gasteiger charge is -2.15. The molecule has 3 aromatic carbocycles. The van der Waals surface area contributed by atoms with Crippen molar-refractivity contribution in [1.82, 2.24) is 0 Å². The average Bonchev–Trinajstić information content (AvgIpc) is 2.73. The van der Waals surface area contributed by atoms with Crippen molar-refractivity contribution in [3.8, 4) is 5.75 Å². The van der Waals surface area contributed by atoms with Crippen LogP contribution >= 0.6 is 0 Å². The Labute approximate surface area is 164 Å². The molecule has 28 heavy (non-hydrogen) atoms. The predicted molar refractivity (Wildman–Crippen MR) is 108 cm³/mol. The minimum Gasteiger partial charge on any atom is -0.495 e. The monoisotopic (exact) mass is 390 g/mol. The van der Waals surface area contributed by atoms with E-state index >= 15 is 0 Å². The Morgan fingerprint density at radius 1 is 0.714 bits per heavy atom. The van der Waals surface area contributed by atoms with E-state index in [1.807, 2.05) is 67.6 Å². The van der Waals surface area contributed by atoms with Crippen LogP contribution in [-0.4, -0.2) is 21.2 Å². The summed E-state index contributed by atoms with van der Waals surface area (Å²) in [7, 11) is -2.30. The first-order valence-corrected chi connectivity index (χ1v) is 10.2. The molecule has 0 aliphatic heterocycles. The number of hydrogen-bond acceptors (Lipinski definition) is 4. The molecule has 3 aromatic rings. The highest BCUT2D eigenvalue weighted by atomic mass is 28.3. The summed E-state index contributed by atoms with van der Waals surface area (Å²) >= 11 is 0. The number of rotatable bonds is 4. The molecule has 0 aliphatic rings. The lowest BCUT2D eigenvalue weighted by molar-refractivity contribution is 0.201. The fraction of sp³-hybridized carbons (Fsp3) is 0.0476. The molecule has 0 N–H and O–H groups in total. The van der Waals surface area contributed by atoms with Crippen molar-refractivity contribution in [2.24, 2.45) is 10.2 Å². The first kappa shape index (κ1) is 19.2. The number of carbonyl (C=O) groups excluding carboxylic acids is 2. The van der Waals surface area contributed by atoms with Crippen molar-refractivity contribution < 1.29 is 18.8 Å². The first-order chi connectivity index (χ1) is 13.6. The van der Waals surface area contributed by atoms with E-state index in [0.29, 0.717) is 5.75 Å². The minimum atomic E-state index is -2.30. The van der Waals surface area contributed by atoms with Crippen molar-refractivity contribution in [3.05, 3.63) is 90.5 Å². The second-order valence-corrected chi connectivity index (χ2v) is 8.30. The average molecular weight is 390 g/mol. The first-order valence-electron chi connectivity index (χ1n) is 8.62. The van der Waals surface area contributed by atoms with Crippen LogP contribution in [0, 0.1) is 6.92 Å². The summed E-state index contributed by atoms with van der Waals surface area (Å²) < 4.78 is 10.6. The van der Waals surface area contributed by atoms with E-state index in [4.69, 9.17) is 9.16 Å². The van der Waals surface area contributed by atoms with Crippen LogP contribution in [0.5, 0.6) is 5.75 Å². The molecule has 0 bridgehead atoms. The van der Waals surface area contributed by atoms with Crippen LogP contribution in [0.3, 0.4) is 0 Å². The van der Waals surface area contributed by atoms with Crippen LogP contribution in [0.1, 0.15) is 5.56 Å². The highest BCUT2D eigenvalue weighted by Gasteiger charge is 2.22. The third-order valence-electron chi connectivity index (χ3n) is 3.86. The van der Waals surface area contributed by atoms with Crippen molar-refractivity contribution in [1.29, 1.82) is 0 Å². The normalized spacial score (nSPS) is 10.8. The molecule has 0 spiro atoms. The summed E-state index contributed by atoms with van der Waals surface area (Å²) in [6, 6.07) is 25.8. The van der Waals surface area contributed by atoms with E-state index in [9.17, 15) is 9.59 Å². The number of azo groups is 1. The molecule has 0 saturated carbocycles. The Morgan fingerprint density at radius 3 is 1.75 bits per heavy atom. The Morgan fingerprint density at radius 2 is 1.21 bits per heavy atom. The number of ether oxygens (including phenoxy) is 1. The molecule has 0 unspecified atom stereocenters. The van der Waals surface area contributed by atoms with Gasteiger partial charge in [0.05, 0.1) is 0 Å². The Bertz CT molecular complexity index is 921. The van der Waals surface area contributed by atoms with E-state index in [2.05, 4.69) is 10.2 Å². The van der Waals surface area contributed by atoms with Crippen molar-refractivity contribution in [2.75, 3.05) is 0 Å². The summed E-state index contributed by atoms with van der Waals surface area (Å²) in [5.41, 5.74) is 1.03. The molecule has 7 heteroatoms. The summed E-state index contributed by atoms with van der Waals surface area (Å²) in [6.07, 6.45) is -1.91. The van der Waals surface area contributed by atoms with Gasteiger partial charge in [-0.2, -0.15) is 0 Å². The van der Waals surface area contributed by atoms with Crippen molar-refractivity contribution in [2.45, 2.75) is 6.92 Å². The molecule has 0 saturated heterocycles. The van der Waals surface area contributed by atoms with Gasteiger partial charge in [0.15, 0.2) is 0 Å². The zero-order valence-electron chi connectivity index (χ0n) is 15.2. The highest BCUT2D eigenvalue weighted by Crippen LogP contribution is 2.12. The second-order valence-electron chi connectivity index (χ2n) is 5.97. The Kier molecular flexibility index (Phi) is 6.43. The van der Waals surface area contributed by atoms with Crippen molar-refractivity contribution >= 4 is 31.6 Å². The predicted octanol–water partition coefficient (Wildman–Crippen LogP) is 3.62. The molecule has 3 rings (SSSR count). The Balaban J connectivity index is 1.67. The van der Waals surface area contributed by atoms with Gasteiger partial charge in [-0.3, -0.25) is 0 Å². The SMILES string of the molecule is Cc1ccc(OC(=O)N=NC(=O)O[SiH](c2ccccc2)c2ccccc2)cc1. The van der Waals surface area contributed by atoms with Crippen LogP contribution in [-0.2, 0) is 4.43 Å². The molecular weight excluding hydrogens is 372 g/mol. The molecule has 0 aliphatic carbocycles. The minimum absolute atomic E-state index is 0.323. The third kappa shape index (κ3) is 5.45. The lowest BCUT2D eigenvalue weighted by atomic mass is 10.2. The van der Waals surface area contributed by atoms with Gasteiger partial charge in [-0.1, -0.05) is 88.6 Å². The fourth-order valence-corrected chi connectivity index (χ4v) is 4.57. The number of benzene rings is 3. The molecular formula is C21H18N2O4Si. The molecule has 6 nitrogen and oxygen atoms in total. The molecule has 0 fully saturated rings. The smallest absolute Gasteiger partial charge is 0.458 e. The van der Waals surface area contributed by atoms with E-state index in [1.165, 1.54) is 0 Å². The Hall–Kier alpha value is -3.58. The van der Waals surface area contributed by atoms with Gasteiger partial charge >= 0.3 is 21.2 Å². The van der Waals surface area contributed by atoms with Gasteiger partial charge in [-0.15, -0.1) is 0 Å². The number of carbonyl (C=O) groups is 2. The summed E-state index contributed by atoms with van der Waals surface area (Å²) in [4.78, 5) is 23.9. The van der Waals surface area contributed by atoms with E-state index in [0.717, 1.165) is 15.9 Å². The fourth-order valence-electron chi connectivity index (χ4n) is 2.52. The van der Waals surface area contributed by atoms with Crippen LogP contribution in [0.2, 0.25) is 0 Å². The van der Waals surface area contributed by atoms with E-state index < -0.39 is 21.2 Å². The topological polar surface area (TPSA) is 77.3 Å². The van der Waals surface area contributed by atoms with Gasteiger partial charge < -0.3 is 9.16 Å². The van der Waals surface area contributed by atoms with E-state index in [-0.39, 0.29) is 0 Å². The quantitative estimate of drug-likeness (QED) is 0.504. The standard InChI is InChI=1S/C21H18N2O4Si/c1-16-12-14-17(15-13-16)26-20(24)22-23-21(25)27-28(18-8-4-2-5-9-18)19-10-6-3-7-11-19/h2-15,28H,1H3. The largest absolute Gasteiger partial charge is 0.495 e. The van der Waals surface area contributed by atoms with Gasteiger partial charge in [0.1, 0.15) is 5.75 Å². The van der Waals surface area contributed by atoms with E-state index in [1.54, 1.807) is 24.3 Å². The maximum absolute atomic E-state index is 12.1. The maximum atomic E-state index is 12.1. The van der Waals surface area contributed by atoms with Gasteiger partial charge in [0, 0.05) is 0 Å². The van der Waals surface area contributed by atoms with Crippen LogP contribution in [0.25, 0.3) is 0 Å². The molecule has 2 amide bonds. The molecule has 140 valence electrons. The third-order valence-corrected chi connectivity index (χ3v) is 6.28. The zero-order valence-corrected chi connectivity index (χ0v) is 16.3. The van der Waals surface area contributed by atoms with Gasteiger partial charge in [-0.05, 0) is 29.4 Å². The molecule has 0 aromatic heterocycles. The number of aryl methyl sites for hydroxylation is 1. The number of amides is 2. The second kappa shape index (κ2) is 9.38. The molecule has 0 heterocycles. The summed E-state index contributed by atoms with van der Waals surface area (Å²) in [6.45, 7) is 1.92. The van der Waals surface area contributed by atoms with Crippen LogP contribution < -0.4 is 15.1 Å². The van der Waals surface area contributed by atoms with Crippen LogP contribution in [0.15, 0.2) is 95.2 Å². The lowest BCUT2D eigenvalue weighted by Crippen LogP contribution is -2.45. The van der Waals surface area contributed by atoms with Gasteiger partial charge in [0.2, 0.25) is 0 Å². The van der Waals surface area contributed by atoms with Crippen molar-refractivity contribution in [3.63, 3.8) is 0 Å². The number of nitrogens with zero attached hydrogens (tertiary/aromatic N) is 2.